The van der Waals surface area contributed by atoms with Crippen molar-refractivity contribution in [3.63, 3.8) is 0 Å². The van der Waals surface area contributed by atoms with Crippen LogP contribution >= 0.6 is 0 Å². The van der Waals surface area contributed by atoms with Gasteiger partial charge in [-0.1, -0.05) is 5.92 Å². The number of hydrogen-bond acceptors (Lipinski definition) is 9. The summed E-state index contributed by atoms with van der Waals surface area (Å²) in [6.45, 7) is 3.74. The van der Waals surface area contributed by atoms with E-state index in [0.717, 1.165) is 34.9 Å². The van der Waals surface area contributed by atoms with E-state index in [1.165, 1.54) is 0 Å². The van der Waals surface area contributed by atoms with Crippen LogP contribution < -0.4 is 0 Å². The summed E-state index contributed by atoms with van der Waals surface area (Å²) in [5, 5.41) is 0. The Kier molecular flexibility index (Phi) is 15.6. The Hall–Kier alpha value is -4.66. The van der Waals surface area contributed by atoms with Crippen LogP contribution in [0.5, 0.6) is 0 Å². The van der Waals surface area contributed by atoms with Crippen molar-refractivity contribution in [2.24, 2.45) is 35.2 Å². The van der Waals surface area contributed by atoms with Gasteiger partial charge in [0.25, 0.3) is 0 Å². The van der Waals surface area contributed by atoms with Gasteiger partial charge in [0.2, 0.25) is 0 Å². The molecule has 0 aliphatic carbocycles. The summed E-state index contributed by atoms with van der Waals surface area (Å²) < 4.78 is 27.8. The van der Waals surface area contributed by atoms with E-state index in [1.54, 1.807) is 37.2 Å². The second-order valence-electron chi connectivity index (χ2n) is 10.2. The maximum absolute atomic E-state index is 5.56. The van der Waals surface area contributed by atoms with Crippen molar-refractivity contribution in [2.45, 2.75) is 6.54 Å². The largest absolute Gasteiger partial charge is 0.377 e. The van der Waals surface area contributed by atoms with E-state index in [4.69, 9.17) is 20.6 Å². The minimum Gasteiger partial charge on any atom is -0.377 e. The predicted molar refractivity (Wildman–Crippen MR) is 177 cm³/mol. The molecule has 48 heavy (non-hydrogen) atoms. The molecule has 6 aromatic heterocycles. The van der Waals surface area contributed by atoms with E-state index in [0.29, 0.717) is 46.2 Å². The molecule has 0 unspecified atom stereocenters. The first-order valence-corrected chi connectivity index (χ1v) is 15.0. The van der Waals surface area contributed by atoms with E-state index in [9.17, 15) is 0 Å². The molecule has 6 heterocycles. The molecule has 15 nitrogen and oxygen atoms in total. The molecule has 0 aliphatic heterocycles. The smallest absolute Gasteiger partial charge is 0.176 e. The Morgan fingerprint density at radius 3 is 1.15 bits per heavy atom. The number of aromatic nitrogens is 12. The van der Waals surface area contributed by atoms with Gasteiger partial charge in [-0.05, 0) is 0 Å². The first kappa shape index (κ1) is 37.8. The van der Waals surface area contributed by atoms with Crippen LogP contribution in [0.2, 0.25) is 0 Å². The van der Waals surface area contributed by atoms with Crippen molar-refractivity contribution in [3.8, 4) is 47.3 Å². The van der Waals surface area contributed by atoms with Crippen LogP contribution in [-0.2, 0) is 75.8 Å². The van der Waals surface area contributed by atoms with Gasteiger partial charge in [0.1, 0.15) is 6.61 Å². The van der Waals surface area contributed by atoms with E-state index in [-0.39, 0.29) is 19.8 Å². The van der Waals surface area contributed by atoms with Gasteiger partial charge in [0, 0.05) is 136 Å². The van der Waals surface area contributed by atoms with Crippen LogP contribution in [-0.4, -0.2) is 96.9 Å². The van der Waals surface area contributed by atoms with E-state index < -0.39 is 0 Å². The number of rotatable bonds is 13. The second-order valence-corrected chi connectivity index (χ2v) is 10.2. The van der Waals surface area contributed by atoms with Crippen LogP contribution in [0.25, 0.3) is 34.9 Å². The van der Waals surface area contributed by atoms with E-state index in [2.05, 4.69) is 35.8 Å². The molecule has 0 fully saturated rings. The fraction of sp³-hybridized carbons (Fsp3) is 0.375. The zero-order chi connectivity index (χ0) is 33.4. The van der Waals surface area contributed by atoms with E-state index in [1.807, 2.05) is 99.8 Å². The van der Waals surface area contributed by atoms with Crippen molar-refractivity contribution in [1.29, 1.82) is 0 Å². The van der Waals surface area contributed by atoms with Crippen LogP contribution in [0.1, 0.15) is 0 Å². The summed E-state index contributed by atoms with van der Waals surface area (Å²) in [6, 6.07) is 0. The standard InChI is InChI=1S/C16H22N4O3.2C8H10N4.Os/c1-3-9-21-11-13-23-14-12-22-10-8-20-7-5-18-16(20)15-17-4-6-19(15)2;2*1-11-5-3-9-7(11)8-10-4-6-12(8)2;/h1,4-7H,8-14H2,2H3;2*3-6H,1-2H3;. The van der Waals surface area contributed by atoms with Crippen molar-refractivity contribution < 1.29 is 34.0 Å². The predicted octanol–water partition coefficient (Wildman–Crippen LogP) is 2.61. The molecule has 0 radical (unpaired) electrons. The molecule has 0 spiro atoms. The molecule has 0 aliphatic rings. The average molecular weight is 833 g/mol. The molecule has 0 atom stereocenters. The average Bonchev–Trinajstić information content (AvgIpc) is 3.91. The summed E-state index contributed by atoms with van der Waals surface area (Å²) >= 11 is 0. The number of aryl methyl sites for hydroxylation is 5. The van der Waals surface area contributed by atoms with Crippen LogP contribution in [0.4, 0.5) is 0 Å². The summed E-state index contributed by atoms with van der Waals surface area (Å²) in [7, 11) is 9.77. The fourth-order valence-electron chi connectivity index (χ4n) is 4.33. The van der Waals surface area contributed by atoms with Gasteiger partial charge in [-0.3, -0.25) is 0 Å². The third kappa shape index (κ3) is 10.7. The van der Waals surface area contributed by atoms with Gasteiger partial charge in [-0.15, -0.1) is 6.42 Å². The van der Waals surface area contributed by atoms with Crippen LogP contribution in [0.3, 0.4) is 0 Å². The van der Waals surface area contributed by atoms with Crippen LogP contribution in [0.15, 0.2) is 74.4 Å². The summed E-state index contributed by atoms with van der Waals surface area (Å²) in [5.74, 6) is 7.64. The zero-order valence-electron chi connectivity index (χ0n) is 27.9. The first-order chi connectivity index (χ1) is 22.9. The van der Waals surface area contributed by atoms with Gasteiger partial charge in [0.05, 0.1) is 33.0 Å². The van der Waals surface area contributed by atoms with Gasteiger partial charge in [0.15, 0.2) is 34.9 Å². The van der Waals surface area contributed by atoms with Gasteiger partial charge in [-0.25, -0.2) is 29.9 Å². The molecule has 0 bridgehead atoms. The second kappa shape index (κ2) is 19.9. The molecule has 0 N–H and O–H groups in total. The zero-order valence-corrected chi connectivity index (χ0v) is 30.4. The third-order valence-electron chi connectivity index (χ3n) is 6.83. The number of ether oxygens (including phenoxy) is 3. The Morgan fingerprint density at radius 2 is 0.792 bits per heavy atom. The summed E-state index contributed by atoms with van der Waals surface area (Å²) in [6.07, 6.45) is 27.1. The molecular formula is C32H42N12O3Os. The maximum Gasteiger partial charge on any atom is 0.176 e. The quantitative estimate of drug-likeness (QED) is 0.127. The normalized spacial score (nSPS) is 10.4. The van der Waals surface area contributed by atoms with Gasteiger partial charge < -0.3 is 41.6 Å². The van der Waals surface area contributed by atoms with Crippen molar-refractivity contribution in [3.05, 3.63) is 74.4 Å². The Labute approximate surface area is 293 Å². The number of terminal acetylenes is 1. The summed E-state index contributed by atoms with van der Waals surface area (Å²) in [5.41, 5.74) is 0. The Balaban J connectivity index is 0.000000210. The molecule has 0 aromatic carbocycles. The van der Waals surface area contributed by atoms with Crippen molar-refractivity contribution >= 4 is 0 Å². The molecule has 6 aromatic rings. The molecule has 6 rings (SSSR count). The monoisotopic (exact) mass is 834 g/mol. The number of imidazole rings is 6. The van der Waals surface area contributed by atoms with Gasteiger partial charge >= 0.3 is 0 Å². The molecule has 0 amide bonds. The molecule has 16 heteroatoms. The molecule has 0 saturated carbocycles. The summed E-state index contributed by atoms with van der Waals surface area (Å²) in [4.78, 5) is 25.5. The van der Waals surface area contributed by atoms with Gasteiger partial charge in [-0.2, -0.15) is 0 Å². The molecule has 256 valence electrons. The maximum atomic E-state index is 5.56. The Bertz CT molecular complexity index is 1650. The van der Waals surface area contributed by atoms with Crippen molar-refractivity contribution in [2.75, 3.05) is 39.6 Å². The Morgan fingerprint density at radius 1 is 0.479 bits per heavy atom. The minimum absolute atomic E-state index is 0. The number of nitrogens with zero attached hydrogens (tertiary/aromatic N) is 12. The minimum atomic E-state index is 0. The third-order valence-corrected chi connectivity index (χ3v) is 6.83. The SMILES string of the molecule is C#CCOCCOCCOCCn1ccnc1-c1nccn1C.Cn1ccnc1-c1nccn1C.Cn1ccnc1-c1nccn1C.[Os]. The first-order valence-electron chi connectivity index (χ1n) is 15.0. The topological polar surface area (TPSA) is 135 Å². The van der Waals surface area contributed by atoms with E-state index >= 15 is 0 Å². The molecule has 0 saturated heterocycles. The number of hydrogen-bond donors (Lipinski definition) is 0. The fourth-order valence-corrected chi connectivity index (χ4v) is 4.33. The molecular weight excluding hydrogens is 791 g/mol. The van der Waals surface area contributed by atoms with Crippen molar-refractivity contribution in [1.82, 2.24) is 57.3 Å². The van der Waals surface area contributed by atoms with Crippen LogP contribution in [0, 0.1) is 12.3 Å².